The molecular formula is C16H17N3S. The van der Waals surface area contributed by atoms with Crippen LogP contribution in [0, 0.1) is 6.92 Å². The van der Waals surface area contributed by atoms with Gasteiger partial charge in [0.2, 0.25) is 0 Å². The van der Waals surface area contributed by atoms with E-state index in [2.05, 4.69) is 40.1 Å². The molecule has 0 saturated heterocycles. The van der Waals surface area contributed by atoms with Crippen molar-refractivity contribution >= 4 is 33.6 Å². The van der Waals surface area contributed by atoms with Crippen molar-refractivity contribution in [2.24, 2.45) is 0 Å². The van der Waals surface area contributed by atoms with E-state index >= 15 is 0 Å². The van der Waals surface area contributed by atoms with Crippen molar-refractivity contribution < 1.29 is 0 Å². The predicted octanol–water partition coefficient (Wildman–Crippen LogP) is 4.36. The quantitative estimate of drug-likeness (QED) is 0.702. The van der Waals surface area contributed by atoms with Crippen molar-refractivity contribution in [2.45, 2.75) is 19.9 Å². The third-order valence-electron chi connectivity index (χ3n) is 3.38. The molecular weight excluding hydrogens is 266 g/mol. The van der Waals surface area contributed by atoms with Crippen LogP contribution in [0.3, 0.4) is 0 Å². The second-order valence-corrected chi connectivity index (χ2v) is 5.79. The molecule has 2 aromatic heterocycles. The van der Waals surface area contributed by atoms with E-state index in [0.717, 1.165) is 28.0 Å². The second-order valence-electron chi connectivity index (χ2n) is 5.01. The van der Waals surface area contributed by atoms with E-state index in [4.69, 9.17) is 5.73 Å². The number of fused-ring (bicyclic) bond motifs is 1. The zero-order chi connectivity index (χ0) is 14.1. The van der Waals surface area contributed by atoms with Gasteiger partial charge in [-0.2, -0.15) is 11.3 Å². The normalized spacial score (nSPS) is 12.5. The van der Waals surface area contributed by atoms with Gasteiger partial charge in [-0.05, 0) is 60.5 Å². The lowest BCUT2D eigenvalue weighted by molar-refractivity contribution is 0.891. The SMILES string of the molecule is Cc1cc(NC(C)c2ccsc2)c2cc(N)ccc2n1. The number of nitrogens with one attached hydrogen (secondary N) is 1. The van der Waals surface area contributed by atoms with E-state index in [9.17, 15) is 0 Å². The fourth-order valence-corrected chi connectivity index (χ4v) is 3.09. The number of nitrogen functional groups attached to an aromatic ring is 1. The Kier molecular flexibility index (Phi) is 3.32. The van der Waals surface area contributed by atoms with Crippen LogP contribution in [0.1, 0.15) is 24.2 Å². The minimum absolute atomic E-state index is 0.257. The molecule has 3 nitrogen and oxygen atoms in total. The number of anilines is 2. The molecule has 3 aromatic rings. The lowest BCUT2D eigenvalue weighted by Crippen LogP contribution is -2.06. The fraction of sp³-hybridized carbons (Fsp3) is 0.188. The zero-order valence-corrected chi connectivity index (χ0v) is 12.4. The minimum atomic E-state index is 0.257. The largest absolute Gasteiger partial charge is 0.399 e. The molecule has 0 aliphatic heterocycles. The Hall–Kier alpha value is -2.07. The van der Waals surface area contributed by atoms with E-state index in [1.54, 1.807) is 11.3 Å². The van der Waals surface area contributed by atoms with Crippen LogP contribution in [-0.2, 0) is 0 Å². The third-order valence-corrected chi connectivity index (χ3v) is 4.08. The smallest absolute Gasteiger partial charge is 0.0727 e. The topological polar surface area (TPSA) is 50.9 Å². The first-order valence-corrected chi connectivity index (χ1v) is 7.53. The van der Waals surface area contributed by atoms with Crippen LogP contribution in [0.25, 0.3) is 10.9 Å². The number of aryl methyl sites for hydroxylation is 1. The Labute approximate surface area is 122 Å². The van der Waals surface area contributed by atoms with Crippen LogP contribution in [0.15, 0.2) is 41.1 Å². The van der Waals surface area contributed by atoms with Gasteiger partial charge < -0.3 is 11.1 Å². The monoisotopic (exact) mass is 283 g/mol. The molecule has 0 radical (unpaired) electrons. The molecule has 0 spiro atoms. The molecule has 102 valence electrons. The van der Waals surface area contributed by atoms with Crippen molar-refractivity contribution in [3.63, 3.8) is 0 Å². The standard InChI is InChI=1S/C16H17N3S/c1-10-7-16(19-11(2)12-5-6-20-9-12)14-8-13(17)3-4-15(14)18-10/h3-9,11H,17H2,1-2H3,(H,18,19). The summed E-state index contributed by atoms with van der Waals surface area (Å²) in [5.41, 5.74) is 11.0. The van der Waals surface area contributed by atoms with E-state index < -0.39 is 0 Å². The van der Waals surface area contributed by atoms with Gasteiger partial charge in [-0.15, -0.1) is 0 Å². The molecule has 4 heteroatoms. The van der Waals surface area contributed by atoms with E-state index in [1.807, 2.05) is 25.1 Å². The minimum Gasteiger partial charge on any atom is -0.399 e. The summed E-state index contributed by atoms with van der Waals surface area (Å²) in [6.07, 6.45) is 0. The number of nitrogens with zero attached hydrogens (tertiary/aromatic N) is 1. The molecule has 2 heterocycles. The van der Waals surface area contributed by atoms with Crippen LogP contribution in [0.5, 0.6) is 0 Å². The van der Waals surface area contributed by atoms with E-state index in [1.165, 1.54) is 5.56 Å². The Bertz CT molecular complexity index is 735. The van der Waals surface area contributed by atoms with Gasteiger partial charge in [0.15, 0.2) is 0 Å². The summed E-state index contributed by atoms with van der Waals surface area (Å²) in [7, 11) is 0. The molecule has 3 rings (SSSR count). The highest BCUT2D eigenvalue weighted by Crippen LogP contribution is 2.29. The van der Waals surface area contributed by atoms with Crippen molar-refractivity contribution in [1.29, 1.82) is 0 Å². The average molecular weight is 283 g/mol. The first kappa shape index (κ1) is 12.9. The molecule has 0 aliphatic rings. The van der Waals surface area contributed by atoms with Crippen molar-refractivity contribution in [1.82, 2.24) is 4.98 Å². The van der Waals surface area contributed by atoms with Crippen LogP contribution < -0.4 is 11.1 Å². The average Bonchev–Trinajstić information content (AvgIpc) is 2.93. The maximum atomic E-state index is 5.90. The Morgan fingerprint density at radius 1 is 1.25 bits per heavy atom. The number of nitrogens with two attached hydrogens (primary N) is 1. The van der Waals surface area contributed by atoms with Crippen molar-refractivity contribution in [3.05, 3.63) is 52.3 Å². The van der Waals surface area contributed by atoms with Gasteiger partial charge in [-0.1, -0.05) is 0 Å². The Morgan fingerprint density at radius 2 is 2.10 bits per heavy atom. The number of benzene rings is 1. The summed E-state index contributed by atoms with van der Waals surface area (Å²) < 4.78 is 0. The maximum Gasteiger partial charge on any atom is 0.0727 e. The Morgan fingerprint density at radius 3 is 2.85 bits per heavy atom. The maximum absolute atomic E-state index is 5.90. The summed E-state index contributed by atoms with van der Waals surface area (Å²) in [4.78, 5) is 4.55. The molecule has 1 atom stereocenters. The van der Waals surface area contributed by atoms with Gasteiger partial charge in [-0.3, -0.25) is 4.98 Å². The van der Waals surface area contributed by atoms with Crippen LogP contribution >= 0.6 is 11.3 Å². The molecule has 0 aliphatic carbocycles. The summed E-state index contributed by atoms with van der Waals surface area (Å²) in [6.45, 7) is 4.17. The molecule has 20 heavy (non-hydrogen) atoms. The number of rotatable bonds is 3. The fourth-order valence-electron chi connectivity index (χ4n) is 2.33. The highest BCUT2D eigenvalue weighted by Gasteiger charge is 2.09. The zero-order valence-electron chi connectivity index (χ0n) is 11.6. The summed E-state index contributed by atoms with van der Waals surface area (Å²) in [5, 5.41) is 8.90. The van der Waals surface area contributed by atoms with Crippen molar-refractivity contribution in [2.75, 3.05) is 11.1 Å². The van der Waals surface area contributed by atoms with Crippen LogP contribution in [0.4, 0.5) is 11.4 Å². The van der Waals surface area contributed by atoms with Gasteiger partial charge in [0.05, 0.1) is 5.52 Å². The second kappa shape index (κ2) is 5.13. The van der Waals surface area contributed by atoms with E-state index in [-0.39, 0.29) is 6.04 Å². The van der Waals surface area contributed by atoms with Gasteiger partial charge >= 0.3 is 0 Å². The number of thiophene rings is 1. The number of hydrogen-bond acceptors (Lipinski definition) is 4. The molecule has 0 amide bonds. The molecule has 0 bridgehead atoms. The summed E-state index contributed by atoms with van der Waals surface area (Å²) >= 11 is 1.72. The first-order valence-electron chi connectivity index (χ1n) is 6.59. The summed E-state index contributed by atoms with van der Waals surface area (Å²) in [5.74, 6) is 0. The number of aromatic nitrogens is 1. The van der Waals surface area contributed by atoms with Gasteiger partial charge in [0.25, 0.3) is 0 Å². The van der Waals surface area contributed by atoms with Crippen molar-refractivity contribution in [3.8, 4) is 0 Å². The lowest BCUT2D eigenvalue weighted by Gasteiger charge is -2.17. The van der Waals surface area contributed by atoms with Crippen LogP contribution in [0.2, 0.25) is 0 Å². The molecule has 3 N–H and O–H groups in total. The number of hydrogen-bond donors (Lipinski definition) is 2. The van der Waals surface area contributed by atoms with Crippen LogP contribution in [-0.4, -0.2) is 4.98 Å². The first-order chi connectivity index (χ1) is 9.63. The van der Waals surface area contributed by atoms with Gasteiger partial charge in [0, 0.05) is 28.5 Å². The number of pyridine rings is 1. The molecule has 0 fully saturated rings. The highest BCUT2D eigenvalue weighted by atomic mass is 32.1. The predicted molar refractivity (Wildman–Crippen MR) is 87.2 cm³/mol. The molecule has 1 unspecified atom stereocenters. The van der Waals surface area contributed by atoms with Gasteiger partial charge in [0.1, 0.15) is 0 Å². The third kappa shape index (κ3) is 2.47. The van der Waals surface area contributed by atoms with E-state index in [0.29, 0.717) is 0 Å². The molecule has 0 saturated carbocycles. The summed E-state index contributed by atoms with van der Waals surface area (Å²) in [6, 6.07) is 10.3. The Balaban J connectivity index is 2.04. The van der Waals surface area contributed by atoms with Gasteiger partial charge in [-0.25, -0.2) is 0 Å². The highest BCUT2D eigenvalue weighted by molar-refractivity contribution is 7.08. The lowest BCUT2D eigenvalue weighted by atomic mass is 10.1. The molecule has 1 aromatic carbocycles.